The van der Waals surface area contributed by atoms with E-state index in [9.17, 15) is 0 Å². The Morgan fingerprint density at radius 2 is 1.81 bits per heavy atom. The van der Waals surface area contributed by atoms with Gasteiger partial charge in [0.15, 0.2) is 0 Å². The minimum atomic E-state index is 0.311. The van der Waals surface area contributed by atoms with Gasteiger partial charge in [0.05, 0.1) is 11.9 Å². The van der Waals surface area contributed by atoms with Crippen molar-refractivity contribution in [1.29, 1.82) is 0 Å². The summed E-state index contributed by atoms with van der Waals surface area (Å²) in [6.45, 7) is 9.41. The van der Waals surface area contributed by atoms with Crippen LogP contribution in [0.25, 0.3) is 0 Å². The average molecular weight is 284 g/mol. The van der Waals surface area contributed by atoms with Crippen LogP contribution in [0, 0.1) is 13.8 Å². The molecule has 3 heteroatoms. The average Bonchev–Trinajstić information content (AvgIpc) is 2.49. The molecule has 1 atom stereocenters. The van der Waals surface area contributed by atoms with E-state index in [2.05, 4.69) is 50.1 Å². The molecule has 0 bridgehead atoms. The third-order valence-electron chi connectivity index (χ3n) is 3.69. The number of benzene rings is 1. The summed E-state index contributed by atoms with van der Waals surface area (Å²) in [7, 11) is 0. The van der Waals surface area contributed by atoms with Crippen LogP contribution >= 0.6 is 0 Å². The summed E-state index contributed by atoms with van der Waals surface area (Å²) in [5, 5.41) is 3.43. The highest BCUT2D eigenvalue weighted by atomic mass is 16.5. The van der Waals surface area contributed by atoms with Crippen LogP contribution in [0.4, 0.5) is 0 Å². The first-order chi connectivity index (χ1) is 10.1. The zero-order valence-electron chi connectivity index (χ0n) is 13.3. The van der Waals surface area contributed by atoms with Gasteiger partial charge in [0.25, 0.3) is 0 Å². The predicted molar refractivity (Wildman–Crippen MR) is 86.9 cm³/mol. The molecule has 0 saturated heterocycles. The fourth-order valence-corrected chi connectivity index (χ4v) is 2.28. The van der Waals surface area contributed by atoms with E-state index in [0.717, 1.165) is 30.2 Å². The van der Waals surface area contributed by atoms with Crippen LogP contribution in [0.5, 0.6) is 11.5 Å². The zero-order chi connectivity index (χ0) is 15.2. The molecule has 0 fully saturated rings. The van der Waals surface area contributed by atoms with Crippen LogP contribution in [-0.4, -0.2) is 11.5 Å². The van der Waals surface area contributed by atoms with Gasteiger partial charge in [0.1, 0.15) is 11.5 Å². The minimum absolute atomic E-state index is 0.311. The first kappa shape index (κ1) is 15.5. The van der Waals surface area contributed by atoms with Crippen LogP contribution in [0.1, 0.15) is 43.1 Å². The standard InChI is InChI=1S/C18H24N2O/c1-5-17(19-6-2)18-10-9-16(12-20-18)21-15-8-7-13(3)14(4)11-15/h7-12,17,19H,5-6H2,1-4H3. The summed E-state index contributed by atoms with van der Waals surface area (Å²) >= 11 is 0. The van der Waals surface area contributed by atoms with Crippen molar-refractivity contribution in [3.05, 3.63) is 53.3 Å². The number of nitrogens with one attached hydrogen (secondary N) is 1. The first-order valence-electron chi connectivity index (χ1n) is 7.58. The quantitative estimate of drug-likeness (QED) is 0.845. The van der Waals surface area contributed by atoms with Crippen LogP contribution in [0.3, 0.4) is 0 Å². The molecule has 2 rings (SSSR count). The number of rotatable bonds is 6. The highest BCUT2D eigenvalue weighted by molar-refractivity contribution is 5.36. The summed E-state index contributed by atoms with van der Waals surface area (Å²) < 4.78 is 5.86. The molecule has 0 amide bonds. The van der Waals surface area contributed by atoms with E-state index in [0.29, 0.717) is 6.04 Å². The SMILES string of the molecule is CCNC(CC)c1ccc(Oc2ccc(C)c(C)c2)cn1. The zero-order valence-corrected chi connectivity index (χ0v) is 13.3. The monoisotopic (exact) mass is 284 g/mol. The molecule has 1 N–H and O–H groups in total. The van der Waals surface area contributed by atoms with Crippen LogP contribution in [0.2, 0.25) is 0 Å². The van der Waals surface area contributed by atoms with Crippen molar-refractivity contribution in [2.75, 3.05) is 6.54 Å². The highest BCUT2D eigenvalue weighted by Gasteiger charge is 2.09. The molecule has 0 aliphatic heterocycles. The van der Waals surface area contributed by atoms with E-state index in [1.54, 1.807) is 6.20 Å². The van der Waals surface area contributed by atoms with Crippen molar-refractivity contribution >= 4 is 0 Å². The van der Waals surface area contributed by atoms with Crippen molar-refractivity contribution in [3.8, 4) is 11.5 Å². The second-order valence-corrected chi connectivity index (χ2v) is 5.29. The summed E-state index contributed by atoms with van der Waals surface area (Å²) in [5.41, 5.74) is 3.56. The highest BCUT2D eigenvalue weighted by Crippen LogP contribution is 2.24. The maximum Gasteiger partial charge on any atom is 0.145 e. The molecule has 1 heterocycles. The first-order valence-corrected chi connectivity index (χ1v) is 7.58. The Bertz CT molecular complexity index is 578. The van der Waals surface area contributed by atoms with Gasteiger partial charge in [0.2, 0.25) is 0 Å². The summed E-state index contributed by atoms with van der Waals surface area (Å²) in [6, 6.07) is 10.4. The molecule has 0 spiro atoms. The van der Waals surface area contributed by atoms with Crippen molar-refractivity contribution in [2.45, 2.75) is 40.2 Å². The second-order valence-electron chi connectivity index (χ2n) is 5.29. The van der Waals surface area contributed by atoms with Crippen molar-refractivity contribution in [2.24, 2.45) is 0 Å². The van der Waals surface area contributed by atoms with Crippen molar-refractivity contribution in [3.63, 3.8) is 0 Å². The summed E-state index contributed by atoms with van der Waals surface area (Å²) in [6.07, 6.45) is 2.82. The number of aryl methyl sites for hydroxylation is 2. The van der Waals surface area contributed by atoms with Crippen LogP contribution in [-0.2, 0) is 0 Å². The number of nitrogens with zero attached hydrogens (tertiary/aromatic N) is 1. The normalized spacial score (nSPS) is 12.2. The van der Waals surface area contributed by atoms with E-state index in [1.807, 2.05) is 18.2 Å². The van der Waals surface area contributed by atoms with Gasteiger partial charge in [-0.3, -0.25) is 4.98 Å². The van der Waals surface area contributed by atoms with Gasteiger partial charge in [-0.2, -0.15) is 0 Å². The number of hydrogen-bond donors (Lipinski definition) is 1. The Morgan fingerprint density at radius 1 is 1.05 bits per heavy atom. The van der Waals surface area contributed by atoms with E-state index >= 15 is 0 Å². The molecule has 2 aromatic rings. The van der Waals surface area contributed by atoms with Gasteiger partial charge in [-0.1, -0.05) is 19.9 Å². The number of ether oxygens (including phenoxy) is 1. The Labute approximate surface area is 127 Å². The molecule has 0 radical (unpaired) electrons. The lowest BCUT2D eigenvalue weighted by Crippen LogP contribution is -2.20. The largest absolute Gasteiger partial charge is 0.456 e. The molecule has 0 aliphatic carbocycles. The van der Waals surface area contributed by atoms with Crippen LogP contribution < -0.4 is 10.1 Å². The van der Waals surface area contributed by atoms with Gasteiger partial charge in [0, 0.05) is 6.04 Å². The van der Waals surface area contributed by atoms with E-state index in [1.165, 1.54) is 11.1 Å². The summed E-state index contributed by atoms with van der Waals surface area (Å²) in [4.78, 5) is 4.52. The second kappa shape index (κ2) is 7.23. The summed E-state index contributed by atoms with van der Waals surface area (Å²) in [5.74, 6) is 1.62. The lowest BCUT2D eigenvalue weighted by Gasteiger charge is -2.15. The fourth-order valence-electron chi connectivity index (χ4n) is 2.28. The van der Waals surface area contributed by atoms with E-state index < -0.39 is 0 Å². The van der Waals surface area contributed by atoms with Gasteiger partial charge in [-0.25, -0.2) is 0 Å². The molecule has 1 unspecified atom stereocenters. The van der Waals surface area contributed by atoms with Gasteiger partial charge in [-0.05, 0) is 62.2 Å². The lowest BCUT2D eigenvalue weighted by atomic mass is 10.1. The minimum Gasteiger partial charge on any atom is -0.456 e. The Hall–Kier alpha value is -1.87. The van der Waals surface area contributed by atoms with Crippen molar-refractivity contribution in [1.82, 2.24) is 10.3 Å². The van der Waals surface area contributed by atoms with Gasteiger partial charge >= 0.3 is 0 Å². The van der Waals surface area contributed by atoms with Crippen LogP contribution in [0.15, 0.2) is 36.5 Å². The maximum absolute atomic E-state index is 5.86. The number of aromatic nitrogens is 1. The number of hydrogen-bond acceptors (Lipinski definition) is 3. The molecule has 1 aromatic carbocycles. The molecule has 21 heavy (non-hydrogen) atoms. The predicted octanol–water partition coefficient (Wildman–Crippen LogP) is 4.55. The Morgan fingerprint density at radius 3 is 2.38 bits per heavy atom. The Balaban J connectivity index is 2.09. The van der Waals surface area contributed by atoms with E-state index in [4.69, 9.17) is 4.74 Å². The van der Waals surface area contributed by atoms with E-state index in [-0.39, 0.29) is 0 Å². The molecule has 0 aliphatic rings. The third-order valence-corrected chi connectivity index (χ3v) is 3.69. The third kappa shape index (κ3) is 4.05. The molecule has 1 aromatic heterocycles. The molecular weight excluding hydrogens is 260 g/mol. The fraction of sp³-hybridized carbons (Fsp3) is 0.389. The Kier molecular flexibility index (Phi) is 5.34. The smallest absolute Gasteiger partial charge is 0.145 e. The molecule has 3 nitrogen and oxygen atoms in total. The lowest BCUT2D eigenvalue weighted by molar-refractivity contribution is 0.475. The molecule has 0 saturated carbocycles. The molecular formula is C18H24N2O. The topological polar surface area (TPSA) is 34.1 Å². The van der Waals surface area contributed by atoms with Crippen molar-refractivity contribution < 1.29 is 4.74 Å². The maximum atomic E-state index is 5.86. The van der Waals surface area contributed by atoms with Gasteiger partial charge in [-0.15, -0.1) is 0 Å². The molecule has 112 valence electrons. The number of pyridine rings is 1. The van der Waals surface area contributed by atoms with Gasteiger partial charge < -0.3 is 10.1 Å².